The Balaban J connectivity index is 2.63. The van der Waals surface area contributed by atoms with E-state index in [9.17, 15) is 4.39 Å². The zero-order valence-electron chi connectivity index (χ0n) is 10.8. The summed E-state index contributed by atoms with van der Waals surface area (Å²) in [7, 11) is 5.42. The van der Waals surface area contributed by atoms with Gasteiger partial charge in [-0.2, -0.15) is 0 Å². The Kier molecular flexibility index (Phi) is 5.94. The molecule has 0 aromatic heterocycles. The van der Waals surface area contributed by atoms with E-state index in [4.69, 9.17) is 4.74 Å². The zero-order valence-corrected chi connectivity index (χ0v) is 10.8. The highest BCUT2D eigenvalue weighted by Crippen LogP contribution is 2.19. The summed E-state index contributed by atoms with van der Waals surface area (Å²) in [5.74, 6) is -0.169. The summed E-state index contributed by atoms with van der Waals surface area (Å²) in [5, 5.41) is 3.00. The number of halogens is 1. The van der Waals surface area contributed by atoms with Crippen molar-refractivity contribution in [2.75, 3.05) is 39.3 Å². The third-order valence-electron chi connectivity index (χ3n) is 2.65. The van der Waals surface area contributed by atoms with Crippen molar-refractivity contribution in [3.63, 3.8) is 0 Å². The molecule has 0 bridgehead atoms. The van der Waals surface area contributed by atoms with Crippen LogP contribution < -0.4 is 10.2 Å². The van der Waals surface area contributed by atoms with E-state index in [1.54, 1.807) is 13.2 Å². The largest absolute Gasteiger partial charge is 0.385 e. The van der Waals surface area contributed by atoms with Crippen LogP contribution in [0.25, 0.3) is 0 Å². The van der Waals surface area contributed by atoms with Crippen LogP contribution in [0.4, 0.5) is 10.1 Å². The first-order chi connectivity index (χ1) is 8.19. The molecule has 0 radical (unpaired) electrons. The Bertz CT molecular complexity index is 344. The summed E-state index contributed by atoms with van der Waals surface area (Å²) in [6.07, 6.45) is 0.894. The minimum atomic E-state index is -0.169. The quantitative estimate of drug-likeness (QED) is 0.738. The highest BCUT2D eigenvalue weighted by atomic mass is 19.1. The molecule has 1 rings (SSSR count). The van der Waals surface area contributed by atoms with Gasteiger partial charge in [-0.25, -0.2) is 4.39 Å². The average molecular weight is 240 g/mol. The third kappa shape index (κ3) is 4.32. The van der Waals surface area contributed by atoms with E-state index in [-0.39, 0.29) is 5.82 Å². The molecule has 1 aromatic carbocycles. The smallest absolute Gasteiger partial charge is 0.146 e. The molecule has 0 aliphatic carbocycles. The number of hydrogen-bond acceptors (Lipinski definition) is 3. The minimum absolute atomic E-state index is 0.169. The lowest BCUT2D eigenvalue weighted by Crippen LogP contribution is -2.21. The van der Waals surface area contributed by atoms with Gasteiger partial charge in [-0.05, 0) is 31.2 Å². The van der Waals surface area contributed by atoms with Crippen LogP contribution in [0.5, 0.6) is 0 Å². The number of nitrogens with one attached hydrogen (secondary N) is 1. The molecule has 96 valence electrons. The van der Waals surface area contributed by atoms with Crippen molar-refractivity contribution in [3.8, 4) is 0 Å². The third-order valence-corrected chi connectivity index (χ3v) is 2.65. The molecule has 0 aliphatic heterocycles. The second-order valence-corrected chi connectivity index (χ2v) is 4.08. The highest BCUT2D eigenvalue weighted by molar-refractivity contribution is 5.48. The minimum Gasteiger partial charge on any atom is -0.385 e. The van der Waals surface area contributed by atoms with Gasteiger partial charge >= 0.3 is 0 Å². The molecule has 4 heteroatoms. The van der Waals surface area contributed by atoms with E-state index in [1.807, 2.05) is 31.1 Å². The summed E-state index contributed by atoms with van der Waals surface area (Å²) >= 11 is 0. The second-order valence-electron chi connectivity index (χ2n) is 4.08. The number of ether oxygens (including phenoxy) is 1. The van der Waals surface area contributed by atoms with Crippen LogP contribution in [0.3, 0.4) is 0 Å². The number of anilines is 1. The molecule has 0 atom stereocenters. The topological polar surface area (TPSA) is 24.5 Å². The van der Waals surface area contributed by atoms with Crippen molar-refractivity contribution >= 4 is 5.69 Å². The van der Waals surface area contributed by atoms with E-state index in [0.717, 1.165) is 18.5 Å². The lowest BCUT2D eigenvalue weighted by atomic mass is 10.2. The molecule has 0 aliphatic rings. The normalized spacial score (nSPS) is 10.6. The van der Waals surface area contributed by atoms with Gasteiger partial charge in [0.05, 0.1) is 5.69 Å². The molecular formula is C13H21FN2O. The first-order valence-corrected chi connectivity index (χ1v) is 5.82. The van der Waals surface area contributed by atoms with Gasteiger partial charge in [0.2, 0.25) is 0 Å². The van der Waals surface area contributed by atoms with Crippen molar-refractivity contribution in [2.24, 2.45) is 0 Å². The monoisotopic (exact) mass is 240 g/mol. The fraction of sp³-hybridized carbons (Fsp3) is 0.538. The van der Waals surface area contributed by atoms with Crippen LogP contribution in [0.2, 0.25) is 0 Å². The lowest BCUT2D eigenvalue weighted by molar-refractivity contribution is 0.196. The molecule has 3 nitrogen and oxygen atoms in total. The molecule has 1 aromatic rings. The molecule has 0 fully saturated rings. The number of nitrogens with zero attached hydrogens (tertiary/aromatic N) is 1. The van der Waals surface area contributed by atoms with Crippen LogP contribution in [-0.4, -0.2) is 34.4 Å². The highest BCUT2D eigenvalue weighted by Gasteiger charge is 2.07. The van der Waals surface area contributed by atoms with Crippen molar-refractivity contribution in [1.82, 2.24) is 5.32 Å². The van der Waals surface area contributed by atoms with Gasteiger partial charge in [-0.1, -0.05) is 6.07 Å². The van der Waals surface area contributed by atoms with Crippen LogP contribution in [0, 0.1) is 5.82 Å². The fourth-order valence-electron chi connectivity index (χ4n) is 1.74. The number of rotatable bonds is 7. The zero-order chi connectivity index (χ0) is 12.7. The van der Waals surface area contributed by atoms with Gasteiger partial charge in [0.1, 0.15) is 5.82 Å². The number of hydrogen-bond donors (Lipinski definition) is 1. The summed E-state index contributed by atoms with van der Waals surface area (Å²) in [4.78, 5) is 1.91. The van der Waals surface area contributed by atoms with Gasteiger partial charge in [0.25, 0.3) is 0 Å². The number of methoxy groups -OCH3 is 1. The summed E-state index contributed by atoms with van der Waals surface area (Å²) < 4.78 is 18.8. The van der Waals surface area contributed by atoms with Gasteiger partial charge in [0, 0.05) is 33.9 Å². The van der Waals surface area contributed by atoms with Crippen molar-refractivity contribution in [2.45, 2.75) is 13.0 Å². The first kappa shape index (κ1) is 13.9. The SMILES string of the molecule is CNCc1ccc(N(C)CCCOC)c(F)c1. The Morgan fingerprint density at radius 3 is 2.76 bits per heavy atom. The molecule has 0 amide bonds. The summed E-state index contributed by atoms with van der Waals surface area (Å²) in [5.41, 5.74) is 1.60. The predicted molar refractivity (Wildman–Crippen MR) is 68.9 cm³/mol. The van der Waals surface area contributed by atoms with E-state index in [2.05, 4.69) is 5.32 Å². The molecular weight excluding hydrogens is 219 g/mol. The maximum atomic E-state index is 13.8. The first-order valence-electron chi connectivity index (χ1n) is 5.82. The van der Waals surface area contributed by atoms with Crippen LogP contribution >= 0.6 is 0 Å². The molecule has 0 unspecified atom stereocenters. The van der Waals surface area contributed by atoms with E-state index in [1.165, 1.54) is 0 Å². The van der Waals surface area contributed by atoms with Crippen LogP contribution in [0.1, 0.15) is 12.0 Å². The molecule has 0 spiro atoms. The molecule has 17 heavy (non-hydrogen) atoms. The lowest BCUT2D eigenvalue weighted by Gasteiger charge is -2.20. The van der Waals surface area contributed by atoms with E-state index >= 15 is 0 Å². The Hall–Kier alpha value is -1.13. The van der Waals surface area contributed by atoms with Crippen molar-refractivity contribution < 1.29 is 9.13 Å². The van der Waals surface area contributed by atoms with E-state index < -0.39 is 0 Å². The number of benzene rings is 1. The fourth-order valence-corrected chi connectivity index (χ4v) is 1.74. The summed E-state index contributed by atoms with van der Waals surface area (Å²) in [6, 6.07) is 5.36. The van der Waals surface area contributed by atoms with Gasteiger partial charge < -0.3 is 15.0 Å². The Labute approximate surface area is 103 Å². The Morgan fingerprint density at radius 1 is 1.41 bits per heavy atom. The van der Waals surface area contributed by atoms with Crippen molar-refractivity contribution in [1.29, 1.82) is 0 Å². The van der Waals surface area contributed by atoms with E-state index in [0.29, 0.717) is 18.8 Å². The molecule has 0 saturated heterocycles. The molecule has 1 N–H and O–H groups in total. The van der Waals surface area contributed by atoms with Gasteiger partial charge in [-0.15, -0.1) is 0 Å². The molecule has 0 heterocycles. The molecule has 0 saturated carbocycles. The standard InChI is InChI=1S/C13H21FN2O/c1-15-10-11-5-6-13(12(14)9-11)16(2)7-4-8-17-3/h5-6,9,15H,4,7-8,10H2,1-3H3. The summed E-state index contributed by atoms with van der Waals surface area (Å²) in [6.45, 7) is 2.17. The predicted octanol–water partition coefficient (Wildman–Crippen LogP) is 2.02. The van der Waals surface area contributed by atoms with Crippen molar-refractivity contribution in [3.05, 3.63) is 29.6 Å². The average Bonchev–Trinajstić information content (AvgIpc) is 2.29. The second kappa shape index (κ2) is 7.25. The Morgan fingerprint density at radius 2 is 2.18 bits per heavy atom. The maximum Gasteiger partial charge on any atom is 0.146 e. The van der Waals surface area contributed by atoms with Crippen LogP contribution in [-0.2, 0) is 11.3 Å². The van der Waals surface area contributed by atoms with Gasteiger partial charge in [0.15, 0.2) is 0 Å². The maximum absolute atomic E-state index is 13.8. The van der Waals surface area contributed by atoms with Crippen LogP contribution in [0.15, 0.2) is 18.2 Å². The van der Waals surface area contributed by atoms with Gasteiger partial charge in [-0.3, -0.25) is 0 Å².